The number of hydrogen-bond donors (Lipinski definition) is 2. The summed E-state index contributed by atoms with van der Waals surface area (Å²) >= 11 is 0. The van der Waals surface area contributed by atoms with Gasteiger partial charge < -0.3 is 20.4 Å². The van der Waals surface area contributed by atoms with Gasteiger partial charge in [0.15, 0.2) is 0 Å². The summed E-state index contributed by atoms with van der Waals surface area (Å²) in [4.78, 5) is 42.5. The molecule has 1 saturated carbocycles. The van der Waals surface area contributed by atoms with E-state index in [0.29, 0.717) is 42.5 Å². The molecular formula is C28H36FN7O2. The highest BCUT2D eigenvalue weighted by atomic mass is 19.1. The van der Waals surface area contributed by atoms with E-state index in [0.717, 1.165) is 51.0 Å². The van der Waals surface area contributed by atoms with Crippen LogP contribution in [0.3, 0.4) is 0 Å². The molecule has 202 valence electrons. The number of aromatic nitrogens is 2. The summed E-state index contributed by atoms with van der Waals surface area (Å²) in [5, 5.41) is 6.03. The Morgan fingerprint density at radius 2 is 1.87 bits per heavy atom. The SMILES string of the molecule is CC(C)C1(N2C(=O)[C@]3(CCNC3=O)Cc3cnc(Nc4ccc(N5CCN(C)CC5)c(F)c4)nc32)CCC1. The summed E-state index contributed by atoms with van der Waals surface area (Å²) in [6.07, 6.45) is 5.28. The Hall–Kier alpha value is -3.27. The zero-order valence-electron chi connectivity index (χ0n) is 22.4. The summed E-state index contributed by atoms with van der Waals surface area (Å²) in [6.45, 7) is 8.14. The van der Waals surface area contributed by atoms with Crippen LogP contribution in [0.2, 0.25) is 0 Å². The molecule has 0 bridgehead atoms. The van der Waals surface area contributed by atoms with E-state index in [9.17, 15) is 9.59 Å². The Balaban J connectivity index is 1.32. The highest BCUT2D eigenvalue weighted by Gasteiger charge is 2.60. The molecule has 1 aromatic heterocycles. The minimum Gasteiger partial charge on any atom is -0.367 e. The largest absolute Gasteiger partial charge is 0.367 e. The zero-order valence-corrected chi connectivity index (χ0v) is 22.4. The summed E-state index contributed by atoms with van der Waals surface area (Å²) in [7, 11) is 2.07. The molecule has 1 spiro atoms. The van der Waals surface area contributed by atoms with Crippen molar-refractivity contribution in [3.8, 4) is 0 Å². The third kappa shape index (κ3) is 3.83. The maximum Gasteiger partial charge on any atom is 0.244 e. The molecule has 38 heavy (non-hydrogen) atoms. The zero-order chi connectivity index (χ0) is 26.7. The number of carbonyl (C=O) groups excluding carboxylic acids is 2. The first-order valence-electron chi connectivity index (χ1n) is 13.7. The quantitative estimate of drug-likeness (QED) is 0.584. The van der Waals surface area contributed by atoms with E-state index in [1.165, 1.54) is 6.07 Å². The molecule has 3 aliphatic heterocycles. The van der Waals surface area contributed by atoms with E-state index in [4.69, 9.17) is 4.98 Å². The number of amides is 2. The smallest absolute Gasteiger partial charge is 0.244 e. The van der Waals surface area contributed by atoms with E-state index in [2.05, 4.69) is 46.3 Å². The van der Waals surface area contributed by atoms with Crippen LogP contribution in [-0.4, -0.2) is 72.0 Å². The Kier molecular flexibility index (Phi) is 6.05. The van der Waals surface area contributed by atoms with Crippen LogP contribution in [0.4, 0.5) is 27.5 Å². The van der Waals surface area contributed by atoms with Crippen LogP contribution in [0.25, 0.3) is 0 Å². The number of anilines is 4. The maximum atomic E-state index is 15.1. The van der Waals surface area contributed by atoms with Crippen molar-refractivity contribution in [2.45, 2.75) is 51.5 Å². The Morgan fingerprint density at radius 1 is 1.11 bits per heavy atom. The van der Waals surface area contributed by atoms with E-state index in [-0.39, 0.29) is 29.1 Å². The fraction of sp³-hybridized carbons (Fsp3) is 0.571. The van der Waals surface area contributed by atoms with E-state index in [1.807, 2.05) is 11.0 Å². The lowest BCUT2D eigenvalue weighted by Crippen LogP contribution is -2.66. The minimum absolute atomic E-state index is 0.152. The summed E-state index contributed by atoms with van der Waals surface area (Å²) in [5.41, 5.74) is 0.476. The maximum absolute atomic E-state index is 15.1. The van der Waals surface area contributed by atoms with Gasteiger partial charge in [-0.15, -0.1) is 0 Å². The molecule has 4 aliphatic rings. The van der Waals surface area contributed by atoms with Crippen LogP contribution < -0.4 is 20.4 Å². The molecule has 2 aromatic rings. The average molecular weight is 522 g/mol. The first kappa shape index (κ1) is 25.0. The number of nitrogens with zero attached hydrogens (tertiary/aromatic N) is 5. The molecule has 1 aliphatic carbocycles. The average Bonchev–Trinajstić information content (AvgIpc) is 3.22. The Morgan fingerprint density at radius 3 is 2.47 bits per heavy atom. The third-order valence-electron chi connectivity index (χ3n) is 9.22. The van der Waals surface area contributed by atoms with Gasteiger partial charge in [-0.25, -0.2) is 9.37 Å². The number of fused-ring (bicyclic) bond motifs is 1. The number of nitrogens with one attached hydrogen (secondary N) is 2. The van der Waals surface area contributed by atoms with Crippen LogP contribution in [0.15, 0.2) is 24.4 Å². The lowest BCUT2D eigenvalue weighted by atomic mass is 9.65. The Labute approximate surface area is 222 Å². The first-order valence-corrected chi connectivity index (χ1v) is 13.7. The predicted molar refractivity (Wildman–Crippen MR) is 144 cm³/mol. The monoisotopic (exact) mass is 521 g/mol. The van der Waals surface area contributed by atoms with E-state index < -0.39 is 5.41 Å². The van der Waals surface area contributed by atoms with Gasteiger partial charge in [-0.3, -0.25) is 14.5 Å². The topological polar surface area (TPSA) is 93.7 Å². The van der Waals surface area contributed by atoms with Gasteiger partial charge >= 0.3 is 0 Å². The van der Waals surface area contributed by atoms with Crippen LogP contribution >= 0.6 is 0 Å². The van der Waals surface area contributed by atoms with Crippen molar-refractivity contribution in [1.29, 1.82) is 0 Å². The predicted octanol–water partition coefficient (Wildman–Crippen LogP) is 3.09. The van der Waals surface area contributed by atoms with Gasteiger partial charge in [0.2, 0.25) is 17.8 Å². The second-order valence-electron chi connectivity index (χ2n) is 11.6. The van der Waals surface area contributed by atoms with Gasteiger partial charge in [0.25, 0.3) is 0 Å². The summed E-state index contributed by atoms with van der Waals surface area (Å²) in [6, 6.07) is 5.10. The number of rotatable bonds is 5. The molecule has 6 rings (SSSR count). The fourth-order valence-corrected chi connectivity index (χ4v) is 6.56. The number of carbonyl (C=O) groups is 2. The molecule has 1 atom stereocenters. The highest BCUT2D eigenvalue weighted by Crippen LogP contribution is 2.51. The number of piperazine rings is 1. The van der Waals surface area contributed by atoms with Crippen LogP contribution in [0.1, 0.15) is 45.1 Å². The summed E-state index contributed by atoms with van der Waals surface area (Å²) < 4.78 is 15.1. The third-order valence-corrected chi connectivity index (χ3v) is 9.22. The van der Waals surface area contributed by atoms with Gasteiger partial charge in [-0.1, -0.05) is 13.8 Å². The van der Waals surface area contributed by atoms with Crippen LogP contribution in [-0.2, 0) is 16.0 Å². The van der Waals surface area contributed by atoms with Crippen molar-refractivity contribution in [2.24, 2.45) is 11.3 Å². The fourth-order valence-electron chi connectivity index (χ4n) is 6.56. The van der Waals surface area contributed by atoms with Crippen molar-refractivity contribution in [1.82, 2.24) is 20.2 Å². The van der Waals surface area contributed by atoms with Crippen molar-refractivity contribution in [3.05, 3.63) is 35.8 Å². The van der Waals surface area contributed by atoms with Gasteiger partial charge in [0.05, 0.1) is 11.2 Å². The van der Waals surface area contributed by atoms with Crippen LogP contribution in [0.5, 0.6) is 0 Å². The highest BCUT2D eigenvalue weighted by molar-refractivity contribution is 6.15. The van der Waals surface area contributed by atoms with Crippen LogP contribution in [0, 0.1) is 17.2 Å². The molecule has 3 fully saturated rings. The number of hydrogen-bond acceptors (Lipinski definition) is 7. The van der Waals surface area contributed by atoms with E-state index >= 15 is 4.39 Å². The van der Waals surface area contributed by atoms with Gasteiger partial charge in [0, 0.05) is 56.6 Å². The molecule has 1 aromatic carbocycles. The van der Waals surface area contributed by atoms with Crippen molar-refractivity contribution >= 4 is 35.0 Å². The number of likely N-dealkylation sites (N-methyl/N-ethyl adjacent to an activating group) is 1. The molecule has 0 radical (unpaired) electrons. The van der Waals surface area contributed by atoms with Crippen molar-refractivity contribution in [2.75, 3.05) is 54.9 Å². The molecule has 4 heterocycles. The molecule has 2 N–H and O–H groups in total. The lowest BCUT2D eigenvalue weighted by molar-refractivity contribution is -0.141. The first-order chi connectivity index (χ1) is 18.2. The Bertz CT molecular complexity index is 1270. The van der Waals surface area contributed by atoms with Gasteiger partial charge in [-0.05, 0) is 56.8 Å². The summed E-state index contributed by atoms with van der Waals surface area (Å²) in [5.74, 6) is 0.432. The molecule has 10 heteroatoms. The minimum atomic E-state index is -1.09. The van der Waals surface area contributed by atoms with Crippen molar-refractivity contribution in [3.63, 3.8) is 0 Å². The van der Waals surface area contributed by atoms with Crippen molar-refractivity contribution < 1.29 is 14.0 Å². The number of halogens is 1. The second-order valence-corrected chi connectivity index (χ2v) is 11.6. The molecular weight excluding hydrogens is 485 g/mol. The molecule has 2 amide bonds. The van der Waals surface area contributed by atoms with Gasteiger partial charge in [-0.2, -0.15) is 4.98 Å². The standard InChI is InChI=1S/C28H36FN7O2/c1-18(2)28(7-4-8-28)36-23-19(16-27(25(36)38)9-10-30-24(27)37)17-31-26(33-23)32-20-5-6-22(21(29)15-20)35-13-11-34(3)12-14-35/h5-6,15,17-18H,4,7-14,16H2,1-3H3,(H,30,37)(H,31,32,33)/t27-/m1/s1. The number of benzene rings is 1. The lowest BCUT2D eigenvalue weighted by Gasteiger charge is -2.56. The second kappa shape index (κ2) is 9.18. The van der Waals surface area contributed by atoms with Gasteiger partial charge in [0.1, 0.15) is 17.1 Å². The molecule has 9 nitrogen and oxygen atoms in total. The molecule has 0 unspecified atom stereocenters. The molecule has 2 saturated heterocycles. The normalized spacial score (nSPS) is 25.0. The van der Waals surface area contributed by atoms with E-state index in [1.54, 1.807) is 12.3 Å².